The molecule has 1 aromatic heterocycles. The molecule has 1 unspecified atom stereocenters. The quantitative estimate of drug-likeness (QED) is 0.517. The molecule has 3 aliphatic heterocycles. The summed E-state index contributed by atoms with van der Waals surface area (Å²) in [5.41, 5.74) is 0.571. The Morgan fingerprint density at radius 1 is 0.875 bits per heavy atom. The van der Waals surface area contributed by atoms with Crippen molar-refractivity contribution in [2.45, 2.75) is 38.1 Å². The third-order valence-corrected chi connectivity index (χ3v) is 7.70. The van der Waals surface area contributed by atoms with Crippen molar-refractivity contribution >= 4 is 23.2 Å². The van der Waals surface area contributed by atoms with Crippen molar-refractivity contribution < 1.29 is 27.5 Å². The van der Waals surface area contributed by atoms with E-state index in [-0.39, 0.29) is 36.4 Å². The van der Waals surface area contributed by atoms with Crippen molar-refractivity contribution in [1.82, 2.24) is 20.0 Å². The minimum absolute atomic E-state index is 0.0169. The van der Waals surface area contributed by atoms with E-state index < -0.39 is 17.8 Å². The number of benzene rings is 2. The van der Waals surface area contributed by atoms with Crippen LogP contribution in [0.4, 0.5) is 24.5 Å². The molecule has 0 bridgehead atoms. The standard InChI is InChI=1S/C28H29F3N6O3/c1-40-21-11-9-20(10-12-21)37-24-22(25(33-37)28(29,30)31)13-17-34(26(24)39)18-5-7-19(8-6-18)35-16-3-14-32-27(35)36-15-2-4-23(36)38/h5-12,27,32H,2-4,13-17H2,1H3. The number of hydrogen-bond donors (Lipinski definition) is 1. The van der Waals surface area contributed by atoms with Gasteiger partial charge >= 0.3 is 6.18 Å². The zero-order valence-corrected chi connectivity index (χ0v) is 21.9. The van der Waals surface area contributed by atoms with Crippen LogP contribution in [0.2, 0.25) is 0 Å². The van der Waals surface area contributed by atoms with Crippen LogP contribution in [0.15, 0.2) is 48.5 Å². The number of anilines is 2. The lowest BCUT2D eigenvalue weighted by Gasteiger charge is -2.43. The number of amides is 2. The molecule has 6 rings (SSSR count). The lowest BCUT2D eigenvalue weighted by atomic mass is 10.0. The monoisotopic (exact) mass is 554 g/mol. The number of nitrogens with zero attached hydrogens (tertiary/aromatic N) is 5. The van der Waals surface area contributed by atoms with Gasteiger partial charge in [-0.15, -0.1) is 0 Å². The van der Waals surface area contributed by atoms with Gasteiger partial charge in [0.15, 0.2) is 12.0 Å². The fraction of sp³-hybridized carbons (Fsp3) is 0.393. The van der Waals surface area contributed by atoms with Crippen LogP contribution in [0.3, 0.4) is 0 Å². The fourth-order valence-electron chi connectivity index (χ4n) is 5.76. The molecule has 1 atom stereocenters. The summed E-state index contributed by atoms with van der Waals surface area (Å²) in [6, 6.07) is 13.7. The van der Waals surface area contributed by atoms with Gasteiger partial charge in [-0.1, -0.05) is 0 Å². The molecule has 2 amide bonds. The molecular weight excluding hydrogens is 525 g/mol. The van der Waals surface area contributed by atoms with Gasteiger partial charge in [-0.25, -0.2) is 4.68 Å². The largest absolute Gasteiger partial charge is 0.497 e. The van der Waals surface area contributed by atoms with Gasteiger partial charge in [-0.05, 0) is 67.8 Å². The number of rotatable bonds is 5. The highest BCUT2D eigenvalue weighted by Gasteiger charge is 2.43. The predicted molar refractivity (Wildman–Crippen MR) is 142 cm³/mol. The molecule has 0 saturated carbocycles. The Morgan fingerprint density at radius 3 is 2.20 bits per heavy atom. The van der Waals surface area contributed by atoms with Crippen LogP contribution < -0.4 is 19.9 Å². The number of carbonyl (C=O) groups is 2. The molecule has 4 heterocycles. The maximum absolute atomic E-state index is 13.9. The zero-order valence-electron chi connectivity index (χ0n) is 21.9. The highest BCUT2D eigenvalue weighted by molar-refractivity contribution is 6.07. The summed E-state index contributed by atoms with van der Waals surface area (Å²) >= 11 is 0. The van der Waals surface area contributed by atoms with E-state index in [1.54, 1.807) is 36.4 Å². The first kappa shape index (κ1) is 26.2. The molecule has 12 heteroatoms. The van der Waals surface area contributed by atoms with Crippen molar-refractivity contribution in [3.63, 3.8) is 0 Å². The van der Waals surface area contributed by atoms with Crippen molar-refractivity contribution in [3.05, 3.63) is 65.5 Å². The molecule has 0 radical (unpaired) electrons. The van der Waals surface area contributed by atoms with Crippen molar-refractivity contribution in [3.8, 4) is 11.4 Å². The molecule has 9 nitrogen and oxygen atoms in total. The first-order chi connectivity index (χ1) is 19.3. The SMILES string of the molecule is COc1ccc(-n2nc(C(F)(F)F)c3c2C(=O)N(c2ccc(N4CCCNC4N4CCCC4=O)cc2)CC3)cc1. The number of fused-ring (bicyclic) bond motifs is 1. The molecule has 0 aliphatic carbocycles. The van der Waals surface area contributed by atoms with Crippen LogP contribution in [0, 0.1) is 0 Å². The number of ether oxygens (including phenoxy) is 1. The second kappa shape index (κ2) is 10.2. The number of carbonyl (C=O) groups excluding carboxylic acids is 2. The van der Waals surface area contributed by atoms with E-state index in [9.17, 15) is 22.8 Å². The van der Waals surface area contributed by atoms with Gasteiger partial charge < -0.3 is 19.4 Å². The van der Waals surface area contributed by atoms with Crippen LogP contribution >= 0.6 is 0 Å². The number of aromatic nitrogens is 2. The van der Waals surface area contributed by atoms with Crippen LogP contribution in [-0.2, 0) is 17.4 Å². The van der Waals surface area contributed by atoms with Gasteiger partial charge in [-0.3, -0.25) is 14.9 Å². The van der Waals surface area contributed by atoms with Gasteiger partial charge in [0.05, 0.1) is 12.8 Å². The minimum atomic E-state index is -4.69. The van der Waals surface area contributed by atoms with Crippen LogP contribution in [0.5, 0.6) is 5.75 Å². The number of alkyl halides is 3. The zero-order chi connectivity index (χ0) is 28.0. The lowest BCUT2D eigenvalue weighted by Crippen LogP contribution is -2.61. The number of methoxy groups -OCH3 is 1. The Hall–Kier alpha value is -4.06. The van der Waals surface area contributed by atoms with Crippen LogP contribution in [0.25, 0.3) is 5.69 Å². The second-order valence-corrected chi connectivity index (χ2v) is 10.1. The second-order valence-electron chi connectivity index (χ2n) is 10.1. The Bertz CT molecular complexity index is 1420. The van der Waals surface area contributed by atoms with E-state index in [0.29, 0.717) is 30.1 Å². The topological polar surface area (TPSA) is 82.9 Å². The van der Waals surface area contributed by atoms with Gasteiger partial charge in [0.1, 0.15) is 11.4 Å². The first-order valence-corrected chi connectivity index (χ1v) is 13.3. The van der Waals surface area contributed by atoms with E-state index in [4.69, 9.17) is 4.74 Å². The minimum Gasteiger partial charge on any atom is -0.497 e. The van der Waals surface area contributed by atoms with Crippen molar-refractivity contribution in [2.75, 3.05) is 43.1 Å². The summed E-state index contributed by atoms with van der Waals surface area (Å²) in [7, 11) is 1.49. The van der Waals surface area contributed by atoms with Gasteiger partial charge in [0.25, 0.3) is 5.91 Å². The first-order valence-electron chi connectivity index (χ1n) is 13.3. The van der Waals surface area contributed by atoms with E-state index in [1.165, 1.54) is 12.0 Å². The maximum Gasteiger partial charge on any atom is 0.435 e. The third-order valence-electron chi connectivity index (χ3n) is 7.70. The molecule has 3 aliphatic rings. The maximum atomic E-state index is 13.9. The summed E-state index contributed by atoms with van der Waals surface area (Å²) in [6.45, 7) is 2.39. The van der Waals surface area contributed by atoms with Gasteiger partial charge in [0.2, 0.25) is 5.91 Å². The molecular formula is C28H29F3N6O3. The molecule has 210 valence electrons. The molecule has 3 aromatic rings. The smallest absolute Gasteiger partial charge is 0.435 e. The van der Waals surface area contributed by atoms with Crippen LogP contribution in [0.1, 0.15) is 41.0 Å². The van der Waals surface area contributed by atoms with E-state index in [0.717, 1.165) is 36.3 Å². The Balaban J connectivity index is 1.31. The van der Waals surface area contributed by atoms with Crippen molar-refractivity contribution in [1.29, 1.82) is 0 Å². The van der Waals surface area contributed by atoms with Gasteiger partial charge in [0, 0.05) is 49.5 Å². The van der Waals surface area contributed by atoms with Crippen LogP contribution in [-0.4, -0.2) is 66.1 Å². The highest BCUT2D eigenvalue weighted by Crippen LogP contribution is 2.37. The number of likely N-dealkylation sites (tertiary alicyclic amines) is 1. The Kier molecular flexibility index (Phi) is 6.65. The lowest BCUT2D eigenvalue weighted by molar-refractivity contribution is -0.142. The van der Waals surface area contributed by atoms with E-state index in [1.807, 2.05) is 17.0 Å². The van der Waals surface area contributed by atoms with E-state index >= 15 is 0 Å². The molecule has 1 N–H and O–H groups in total. The molecule has 2 aromatic carbocycles. The average Bonchev–Trinajstić information content (AvgIpc) is 3.58. The summed E-state index contributed by atoms with van der Waals surface area (Å²) in [5, 5.41) is 7.29. The number of halogens is 3. The Morgan fingerprint density at radius 2 is 1.55 bits per heavy atom. The molecule has 2 saturated heterocycles. The number of hydrogen-bond acceptors (Lipinski definition) is 6. The summed E-state index contributed by atoms with van der Waals surface area (Å²) < 4.78 is 48.0. The average molecular weight is 555 g/mol. The molecule has 2 fully saturated rings. The van der Waals surface area contributed by atoms with Gasteiger partial charge in [-0.2, -0.15) is 18.3 Å². The summed E-state index contributed by atoms with van der Waals surface area (Å²) in [4.78, 5) is 31.6. The van der Waals surface area contributed by atoms with E-state index in [2.05, 4.69) is 15.3 Å². The highest BCUT2D eigenvalue weighted by atomic mass is 19.4. The Labute approximate surface area is 229 Å². The predicted octanol–water partition coefficient (Wildman–Crippen LogP) is 3.81. The molecule has 40 heavy (non-hydrogen) atoms. The normalized spacial score (nSPS) is 19.8. The third kappa shape index (κ3) is 4.55. The summed E-state index contributed by atoms with van der Waals surface area (Å²) in [5.74, 6) is 0.115. The van der Waals surface area contributed by atoms with Crippen molar-refractivity contribution in [2.24, 2.45) is 0 Å². The fourth-order valence-corrected chi connectivity index (χ4v) is 5.76. The summed E-state index contributed by atoms with van der Waals surface area (Å²) in [6.07, 6.45) is -2.59. The number of nitrogens with one attached hydrogen (secondary N) is 1. The molecule has 0 spiro atoms.